The van der Waals surface area contributed by atoms with Gasteiger partial charge in [0, 0.05) is 16.9 Å². The van der Waals surface area contributed by atoms with Gasteiger partial charge < -0.3 is 4.74 Å². The van der Waals surface area contributed by atoms with Crippen LogP contribution in [0.1, 0.15) is 44.7 Å². The molecule has 0 radical (unpaired) electrons. The van der Waals surface area contributed by atoms with E-state index in [1.54, 1.807) is 0 Å². The third-order valence-electron chi connectivity index (χ3n) is 3.80. The Hall–Kier alpha value is -2.33. The average Bonchev–Trinajstić information content (AvgIpc) is 3.06. The molecule has 0 bridgehead atoms. The molecule has 0 fully saturated rings. The van der Waals surface area contributed by atoms with Crippen molar-refractivity contribution in [1.82, 2.24) is 0 Å². The number of thioether (sulfide) groups is 1. The van der Waals surface area contributed by atoms with Gasteiger partial charge in [0.25, 0.3) is 0 Å². The molecule has 136 valence electrons. The number of hydrogen-bond acceptors (Lipinski definition) is 4. The maximum atomic E-state index is 12.1. The summed E-state index contributed by atoms with van der Waals surface area (Å²) in [6.07, 6.45) is 1.44. The molecule has 3 nitrogen and oxygen atoms in total. The van der Waals surface area contributed by atoms with Crippen LogP contribution in [-0.2, 0) is 14.3 Å². The lowest BCUT2D eigenvalue weighted by Crippen LogP contribution is -1.98. The third-order valence-corrected chi connectivity index (χ3v) is 4.74. The largest absolute Gasteiger partial charge is 0.457 e. The zero-order valence-electron chi connectivity index (χ0n) is 15.5. The first-order chi connectivity index (χ1) is 12.7. The fraction of sp³-hybridized carbons (Fsp3) is 0.273. The first-order valence-corrected chi connectivity index (χ1v) is 9.77. The van der Waals surface area contributed by atoms with E-state index in [1.165, 1.54) is 11.8 Å². The zero-order chi connectivity index (χ0) is 18.9. The Morgan fingerprint density at radius 1 is 1.00 bits per heavy atom. The van der Waals surface area contributed by atoms with E-state index in [1.807, 2.05) is 75.4 Å². The second kappa shape index (κ2) is 9.97. The highest BCUT2D eigenvalue weighted by Gasteiger charge is 2.26. The van der Waals surface area contributed by atoms with Gasteiger partial charge in [-0.3, -0.25) is 4.79 Å². The third kappa shape index (κ3) is 4.85. The quantitative estimate of drug-likeness (QED) is 0.509. The molecule has 0 atom stereocenters. The van der Waals surface area contributed by atoms with Crippen molar-refractivity contribution in [2.45, 2.75) is 38.5 Å². The van der Waals surface area contributed by atoms with Crippen molar-refractivity contribution in [2.24, 2.45) is 0 Å². The molecule has 0 saturated heterocycles. The van der Waals surface area contributed by atoms with Crippen LogP contribution in [0.15, 0.2) is 59.5 Å². The minimum Gasteiger partial charge on any atom is -0.457 e. The Balaban J connectivity index is 0.00000117. The topological polar surface area (TPSA) is 43.4 Å². The summed E-state index contributed by atoms with van der Waals surface area (Å²) < 4.78 is 5.24. The predicted molar refractivity (Wildman–Crippen MR) is 108 cm³/mol. The van der Waals surface area contributed by atoms with Gasteiger partial charge in [-0.1, -0.05) is 75.0 Å². The molecule has 4 heteroatoms. The monoisotopic (exact) mass is 368 g/mol. The fourth-order valence-corrected chi connectivity index (χ4v) is 3.48. The van der Waals surface area contributed by atoms with Gasteiger partial charge in [0.2, 0.25) is 0 Å². The Morgan fingerprint density at radius 3 is 2.27 bits per heavy atom. The number of carbonyl (C=O) groups is 2. The van der Waals surface area contributed by atoms with Crippen molar-refractivity contribution in [3.8, 4) is 0 Å². The molecule has 26 heavy (non-hydrogen) atoms. The molecule has 0 saturated carbocycles. The number of hydrogen-bond donors (Lipinski definition) is 0. The number of rotatable bonds is 5. The van der Waals surface area contributed by atoms with E-state index in [9.17, 15) is 9.59 Å². The second-order valence-electron chi connectivity index (χ2n) is 5.54. The van der Waals surface area contributed by atoms with Crippen molar-refractivity contribution in [1.29, 1.82) is 0 Å². The van der Waals surface area contributed by atoms with E-state index in [0.717, 1.165) is 28.0 Å². The predicted octanol–water partition coefficient (Wildman–Crippen LogP) is 5.60. The molecule has 2 aromatic carbocycles. The summed E-state index contributed by atoms with van der Waals surface area (Å²) in [7, 11) is 0. The van der Waals surface area contributed by atoms with Crippen molar-refractivity contribution in [2.75, 3.05) is 6.61 Å². The summed E-state index contributed by atoms with van der Waals surface area (Å²) in [4.78, 5) is 24.8. The standard InChI is InChI=1S/C20H18O3S.C2H6/c1-2-6-18(21)24-16-11-9-14(10-12-16)17-13-23-20(22)19(17)15-7-4-3-5-8-15;1-2/h3-5,7-12H,2,6,13H2,1H3;1-2H3. The summed E-state index contributed by atoms with van der Waals surface area (Å²) in [5.74, 6) is -0.284. The highest BCUT2D eigenvalue weighted by Crippen LogP contribution is 2.33. The molecule has 0 unspecified atom stereocenters. The summed E-state index contributed by atoms with van der Waals surface area (Å²) >= 11 is 1.26. The van der Waals surface area contributed by atoms with Gasteiger partial charge in [-0.15, -0.1) is 0 Å². The molecule has 3 rings (SSSR count). The van der Waals surface area contributed by atoms with Gasteiger partial charge in [0.1, 0.15) is 6.61 Å². The van der Waals surface area contributed by atoms with Crippen LogP contribution in [0.25, 0.3) is 11.1 Å². The first-order valence-electron chi connectivity index (χ1n) is 8.96. The molecule has 2 aromatic rings. The van der Waals surface area contributed by atoms with Crippen LogP contribution in [0.4, 0.5) is 0 Å². The highest BCUT2D eigenvalue weighted by atomic mass is 32.2. The van der Waals surface area contributed by atoms with Crippen LogP contribution >= 0.6 is 11.8 Å². The van der Waals surface area contributed by atoms with Crippen LogP contribution in [0.3, 0.4) is 0 Å². The summed E-state index contributed by atoms with van der Waals surface area (Å²) in [6.45, 7) is 6.28. The van der Waals surface area contributed by atoms with E-state index in [-0.39, 0.29) is 17.7 Å². The summed E-state index contributed by atoms with van der Waals surface area (Å²) in [5.41, 5.74) is 3.33. The molecule has 0 aliphatic carbocycles. The fourth-order valence-electron chi connectivity index (χ4n) is 2.64. The lowest BCUT2D eigenvalue weighted by atomic mass is 9.97. The second-order valence-corrected chi connectivity index (χ2v) is 6.68. The number of cyclic esters (lactones) is 1. The van der Waals surface area contributed by atoms with Crippen LogP contribution in [0.2, 0.25) is 0 Å². The molecular weight excluding hydrogens is 344 g/mol. The minimum absolute atomic E-state index is 0.175. The SMILES string of the molecule is CC.CCCC(=O)Sc1ccc(C2=C(c3ccccc3)C(=O)OC2)cc1. The van der Waals surface area contributed by atoms with Crippen LogP contribution in [-0.4, -0.2) is 17.7 Å². The van der Waals surface area contributed by atoms with Crippen molar-refractivity contribution in [3.05, 3.63) is 65.7 Å². The van der Waals surface area contributed by atoms with E-state index in [4.69, 9.17) is 4.74 Å². The van der Waals surface area contributed by atoms with Gasteiger partial charge in [-0.25, -0.2) is 4.79 Å². The first kappa shape index (κ1) is 20.0. The van der Waals surface area contributed by atoms with Crippen molar-refractivity contribution in [3.63, 3.8) is 0 Å². The van der Waals surface area contributed by atoms with Gasteiger partial charge >= 0.3 is 5.97 Å². The normalized spacial score (nSPS) is 13.1. The van der Waals surface area contributed by atoms with Crippen LogP contribution in [0.5, 0.6) is 0 Å². The minimum atomic E-state index is -0.284. The van der Waals surface area contributed by atoms with Crippen LogP contribution in [0, 0.1) is 0 Å². The van der Waals surface area contributed by atoms with Gasteiger partial charge in [-0.2, -0.15) is 0 Å². The number of esters is 1. The highest BCUT2D eigenvalue weighted by molar-refractivity contribution is 8.13. The van der Waals surface area contributed by atoms with Gasteiger partial charge in [0.05, 0.1) is 5.57 Å². The summed E-state index contributed by atoms with van der Waals surface area (Å²) in [5, 5.41) is 0.175. The molecule has 0 spiro atoms. The zero-order valence-corrected chi connectivity index (χ0v) is 16.3. The van der Waals surface area contributed by atoms with Crippen LogP contribution < -0.4 is 0 Å². The van der Waals surface area contributed by atoms with E-state index >= 15 is 0 Å². The van der Waals surface area contributed by atoms with E-state index in [0.29, 0.717) is 12.0 Å². The van der Waals surface area contributed by atoms with E-state index in [2.05, 4.69) is 0 Å². The average molecular weight is 368 g/mol. The van der Waals surface area contributed by atoms with Crippen molar-refractivity contribution >= 4 is 34.0 Å². The molecule has 0 N–H and O–H groups in total. The maximum absolute atomic E-state index is 12.1. The van der Waals surface area contributed by atoms with Gasteiger partial charge in [0.15, 0.2) is 5.12 Å². The summed E-state index contributed by atoms with van der Waals surface area (Å²) in [6, 6.07) is 17.3. The van der Waals surface area contributed by atoms with Crippen molar-refractivity contribution < 1.29 is 14.3 Å². The molecular formula is C22H24O3S. The molecule has 1 aliphatic rings. The van der Waals surface area contributed by atoms with Gasteiger partial charge in [-0.05, 0) is 29.7 Å². The Morgan fingerprint density at radius 2 is 1.65 bits per heavy atom. The molecule has 1 aliphatic heterocycles. The lowest BCUT2D eigenvalue weighted by molar-refractivity contribution is -0.133. The Bertz CT molecular complexity index is 777. The lowest BCUT2D eigenvalue weighted by Gasteiger charge is -2.06. The molecule has 1 heterocycles. The smallest absolute Gasteiger partial charge is 0.339 e. The number of benzene rings is 2. The number of carbonyl (C=O) groups excluding carboxylic acids is 2. The number of ether oxygens (including phenoxy) is 1. The van der Waals surface area contributed by atoms with E-state index < -0.39 is 0 Å². The Labute approximate surface area is 159 Å². The molecule has 0 aromatic heterocycles. The maximum Gasteiger partial charge on any atom is 0.339 e. The molecule has 0 amide bonds. The Kier molecular flexibility index (Phi) is 7.67.